The van der Waals surface area contributed by atoms with Crippen LogP contribution in [0.25, 0.3) is 10.8 Å². The lowest BCUT2D eigenvalue weighted by atomic mass is 9.99. The second-order valence-electron chi connectivity index (χ2n) is 17.2. The quantitative estimate of drug-likeness (QED) is 0.0299. The average molecular weight is 1000 g/mol. The number of H-pyrrole nitrogens is 1. The molecule has 0 radical (unpaired) electrons. The van der Waals surface area contributed by atoms with Crippen LogP contribution in [0.1, 0.15) is 76.5 Å². The molecule has 390 valence electrons. The summed E-state index contributed by atoms with van der Waals surface area (Å²) in [6.45, 7) is 2.63. The molecule has 26 nitrogen and oxygen atoms in total. The van der Waals surface area contributed by atoms with Gasteiger partial charge >= 0.3 is 5.97 Å². The van der Waals surface area contributed by atoms with E-state index in [2.05, 4.69) is 62.5 Å². The molecule has 2 aromatic carbocycles. The second-order valence-corrected chi connectivity index (χ2v) is 17.2. The van der Waals surface area contributed by atoms with Gasteiger partial charge in [0.2, 0.25) is 47.3 Å². The summed E-state index contributed by atoms with van der Waals surface area (Å²) in [6, 6.07) is 3.60. The molecule has 1 aromatic heterocycles. The van der Waals surface area contributed by atoms with Gasteiger partial charge in [0.1, 0.15) is 42.3 Å². The monoisotopic (exact) mass is 1000 g/mol. The zero-order valence-corrected chi connectivity index (χ0v) is 40.2. The number of nitrogens with two attached hydrogens (primary N) is 4. The number of carbonyl (C=O) groups is 9. The van der Waals surface area contributed by atoms with Gasteiger partial charge in [-0.15, -0.1) is 0 Å². The Bertz CT molecular complexity index is 2440. The Labute approximate surface area is 414 Å². The third-order valence-electron chi connectivity index (χ3n) is 11.3. The first-order valence-corrected chi connectivity index (χ1v) is 23.4. The molecule has 26 heteroatoms. The van der Waals surface area contributed by atoms with E-state index >= 15 is 0 Å². The standard InChI is InChI=1S/C46H66N16O10/c1-25(56-40(68)31(57-26(2)63)10-6-18-53-45(47)48)38(66)58-32-11-5-17-52-39(67)34(15-16-37(64)65)60-44(72)36(22-30-23-51-24-55-30)62-43(71)35(21-27-13-14-28-8-3-4-9-29(28)20-27)61-42(70)33(59-41(32)69)12-7-19-54-46(49)50/h3-4,8-9,13-14,20,23-25,31-36H,5-7,10-12,15-19,21-22H2,1-2H3,(H,51,55)(H,52,67)(H,56,68)(H,57,63)(H,58,66)(H,59,69)(H,60,72)(H,61,70)(H,62,71)(H,64,65)(H4,47,48,53)(H4,49,50,54)/t25-,31-,32-,33-,34+,35-,36-/m0/s1. The van der Waals surface area contributed by atoms with E-state index in [1.54, 1.807) is 6.07 Å². The van der Waals surface area contributed by atoms with Gasteiger partial charge in [0.25, 0.3) is 0 Å². The second kappa shape index (κ2) is 28.4. The Morgan fingerprint density at radius 3 is 2.00 bits per heavy atom. The van der Waals surface area contributed by atoms with Gasteiger partial charge in [-0.3, -0.25) is 53.1 Å². The van der Waals surface area contributed by atoms with Crippen molar-refractivity contribution < 1.29 is 48.3 Å². The molecule has 1 saturated heterocycles. The van der Waals surface area contributed by atoms with Crippen molar-refractivity contribution >= 4 is 75.9 Å². The van der Waals surface area contributed by atoms with Crippen molar-refractivity contribution in [1.82, 2.24) is 52.5 Å². The van der Waals surface area contributed by atoms with Gasteiger partial charge in [0, 0.05) is 57.7 Å². The first kappa shape index (κ1) is 56.3. The number of aliphatic imine (C=N–C) groups is 2. The minimum absolute atomic E-state index is 0.0124. The van der Waals surface area contributed by atoms with Gasteiger partial charge < -0.3 is 75.6 Å². The van der Waals surface area contributed by atoms with Crippen LogP contribution in [0.15, 0.2) is 65.0 Å². The Balaban J connectivity index is 1.71. The number of hydrogen-bond acceptors (Lipinski definition) is 12. The highest BCUT2D eigenvalue weighted by Crippen LogP contribution is 2.18. The minimum Gasteiger partial charge on any atom is -0.481 e. The molecule has 8 amide bonds. The van der Waals surface area contributed by atoms with Crippen LogP contribution < -0.4 is 65.5 Å². The van der Waals surface area contributed by atoms with Crippen LogP contribution in [0, 0.1) is 0 Å². The van der Waals surface area contributed by atoms with Crippen LogP contribution in [0.4, 0.5) is 0 Å². The van der Waals surface area contributed by atoms with Crippen LogP contribution in [0.3, 0.4) is 0 Å². The Hall–Kier alpha value is -8.32. The molecule has 1 fully saturated rings. The van der Waals surface area contributed by atoms with Gasteiger partial charge in [0.15, 0.2) is 11.9 Å². The summed E-state index contributed by atoms with van der Waals surface area (Å²) in [5.74, 6) is -7.80. The molecule has 0 unspecified atom stereocenters. The van der Waals surface area contributed by atoms with E-state index in [0.29, 0.717) is 17.7 Å². The van der Waals surface area contributed by atoms with Crippen LogP contribution in [-0.2, 0) is 56.0 Å². The van der Waals surface area contributed by atoms with E-state index in [1.807, 2.05) is 36.4 Å². The number of nitrogens with zero attached hydrogens (tertiary/aromatic N) is 3. The Morgan fingerprint density at radius 2 is 1.36 bits per heavy atom. The number of carboxylic acids is 1. The number of hydrogen-bond donors (Lipinski definition) is 14. The topological polar surface area (TPSA) is 428 Å². The third-order valence-corrected chi connectivity index (χ3v) is 11.3. The van der Waals surface area contributed by atoms with E-state index < -0.39 is 102 Å². The molecule has 18 N–H and O–H groups in total. The summed E-state index contributed by atoms with van der Waals surface area (Å²) < 4.78 is 0. The number of carbonyl (C=O) groups excluding carboxylic acids is 8. The fourth-order valence-corrected chi connectivity index (χ4v) is 7.64. The highest BCUT2D eigenvalue weighted by molar-refractivity contribution is 5.98. The molecule has 2 heterocycles. The highest BCUT2D eigenvalue weighted by atomic mass is 16.4. The van der Waals surface area contributed by atoms with Gasteiger partial charge in [0.05, 0.1) is 6.33 Å². The van der Waals surface area contributed by atoms with Crippen molar-refractivity contribution in [1.29, 1.82) is 0 Å². The number of fused-ring (bicyclic) bond motifs is 1. The normalized spacial score (nSPS) is 20.0. The van der Waals surface area contributed by atoms with Gasteiger partial charge in [-0.25, -0.2) is 4.98 Å². The van der Waals surface area contributed by atoms with Crippen molar-refractivity contribution in [3.63, 3.8) is 0 Å². The highest BCUT2D eigenvalue weighted by Gasteiger charge is 2.34. The fourth-order valence-electron chi connectivity index (χ4n) is 7.64. The van der Waals surface area contributed by atoms with Crippen molar-refractivity contribution in [2.75, 3.05) is 19.6 Å². The SMILES string of the molecule is CC(=O)N[C@@H](CCCN=C(N)N)C(=O)N[C@@H](C)C(=O)N[C@H]1CCCNC(=O)[C@@H](CCC(=O)O)NC(=O)[C@H](Cc2cnc[nH]2)NC(=O)[C@H](Cc2ccc3ccccc3c2)NC(=O)[C@H](CCCN=C(N)N)NC1=O. The maximum Gasteiger partial charge on any atom is 0.303 e. The predicted octanol–water partition coefficient (Wildman–Crippen LogP) is -3.34. The summed E-state index contributed by atoms with van der Waals surface area (Å²) in [5.41, 5.74) is 22.9. The number of imidazole rings is 1. The van der Waals surface area contributed by atoms with E-state index in [9.17, 15) is 48.3 Å². The number of amides is 8. The molecular formula is C46H66N16O10. The molecule has 0 bridgehead atoms. The van der Waals surface area contributed by atoms with Crippen LogP contribution in [0.5, 0.6) is 0 Å². The summed E-state index contributed by atoms with van der Waals surface area (Å²) in [5, 5.41) is 32.3. The lowest BCUT2D eigenvalue weighted by molar-refractivity contribution is -0.138. The molecule has 72 heavy (non-hydrogen) atoms. The molecule has 4 rings (SSSR count). The maximum atomic E-state index is 14.5. The number of benzene rings is 2. The summed E-state index contributed by atoms with van der Waals surface area (Å²) in [6.07, 6.45) is 2.01. The van der Waals surface area contributed by atoms with Gasteiger partial charge in [-0.05, 0) is 68.2 Å². The van der Waals surface area contributed by atoms with Crippen molar-refractivity contribution in [3.8, 4) is 0 Å². The summed E-state index contributed by atoms with van der Waals surface area (Å²) in [7, 11) is 0. The zero-order valence-electron chi connectivity index (χ0n) is 40.2. The average Bonchev–Trinajstić information content (AvgIpc) is 3.85. The molecule has 3 aromatic rings. The minimum atomic E-state index is -1.41. The molecule has 0 aliphatic carbocycles. The number of aromatic amines is 1. The summed E-state index contributed by atoms with van der Waals surface area (Å²) in [4.78, 5) is 137. The number of rotatable bonds is 20. The van der Waals surface area contributed by atoms with Gasteiger partial charge in [-0.1, -0.05) is 42.5 Å². The Kier molecular flexibility index (Phi) is 22.2. The van der Waals surface area contributed by atoms with Crippen LogP contribution >= 0.6 is 0 Å². The fraction of sp³-hybridized carbons (Fsp3) is 0.478. The van der Waals surface area contributed by atoms with Crippen molar-refractivity contribution in [2.24, 2.45) is 32.9 Å². The molecule has 0 saturated carbocycles. The van der Waals surface area contributed by atoms with Crippen molar-refractivity contribution in [3.05, 3.63) is 66.2 Å². The number of carboxylic acid groups (broad SMARTS) is 1. The molecule has 7 atom stereocenters. The van der Waals surface area contributed by atoms with E-state index in [4.69, 9.17) is 22.9 Å². The van der Waals surface area contributed by atoms with Crippen molar-refractivity contribution in [2.45, 2.75) is 120 Å². The number of nitrogens with one attached hydrogen (secondary N) is 9. The number of aliphatic carboxylic acids is 1. The van der Waals surface area contributed by atoms with E-state index in [0.717, 1.165) is 10.8 Å². The third kappa shape index (κ3) is 19.2. The largest absolute Gasteiger partial charge is 0.481 e. The van der Waals surface area contributed by atoms with Crippen LogP contribution in [-0.4, -0.2) is 142 Å². The number of aromatic nitrogens is 2. The maximum absolute atomic E-state index is 14.5. The van der Waals surface area contributed by atoms with E-state index in [1.165, 1.54) is 26.4 Å². The predicted molar refractivity (Wildman–Crippen MR) is 264 cm³/mol. The first-order valence-electron chi connectivity index (χ1n) is 23.4. The molecular weight excluding hydrogens is 937 g/mol. The van der Waals surface area contributed by atoms with E-state index in [-0.39, 0.29) is 82.9 Å². The lowest BCUT2D eigenvalue weighted by Gasteiger charge is -2.28. The Morgan fingerprint density at radius 1 is 0.750 bits per heavy atom. The zero-order chi connectivity index (χ0) is 52.7. The lowest BCUT2D eigenvalue weighted by Crippen LogP contribution is -2.60. The van der Waals surface area contributed by atoms with Gasteiger partial charge in [-0.2, -0.15) is 0 Å². The molecule has 1 aliphatic rings. The molecule has 1 aliphatic heterocycles. The van der Waals surface area contributed by atoms with Crippen LogP contribution in [0.2, 0.25) is 0 Å². The first-order chi connectivity index (χ1) is 34.3. The molecule has 0 spiro atoms. The smallest absolute Gasteiger partial charge is 0.303 e. The number of guanidine groups is 2. The summed E-state index contributed by atoms with van der Waals surface area (Å²) >= 11 is 0.